The van der Waals surface area contributed by atoms with Gasteiger partial charge in [0.2, 0.25) is 0 Å². The molecule has 3 N–H and O–H groups in total. The van der Waals surface area contributed by atoms with Gasteiger partial charge in [-0.05, 0) is 31.2 Å². The molecule has 0 unspecified atom stereocenters. The minimum absolute atomic E-state index is 0.159. The largest absolute Gasteiger partial charge is 0.492 e. The summed E-state index contributed by atoms with van der Waals surface area (Å²) in [5.41, 5.74) is 7.72. The van der Waals surface area contributed by atoms with Crippen LogP contribution in [0.5, 0.6) is 5.75 Å². The van der Waals surface area contributed by atoms with Gasteiger partial charge in [-0.25, -0.2) is 0 Å². The van der Waals surface area contributed by atoms with E-state index >= 15 is 0 Å². The number of pyridine rings is 1. The molecule has 5 heteroatoms. The molecule has 1 aromatic heterocycles. The second-order valence-electron chi connectivity index (χ2n) is 4.37. The lowest BCUT2D eigenvalue weighted by Crippen LogP contribution is -2.28. The molecule has 2 rings (SSSR count). The van der Waals surface area contributed by atoms with E-state index in [2.05, 4.69) is 10.3 Å². The molecular formula is C15H17N3O2. The van der Waals surface area contributed by atoms with Crippen molar-refractivity contribution in [2.45, 2.75) is 6.92 Å². The van der Waals surface area contributed by atoms with E-state index in [0.29, 0.717) is 30.2 Å². The lowest BCUT2D eigenvalue weighted by molar-refractivity contribution is 0.0946. The van der Waals surface area contributed by atoms with Crippen molar-refractivity contribution in [3.8, 4) is 5.75 Å². The Bertz CT molecular complexity index is 582. The van der Waals surface area contributed by atoms with Crippen LogP contribution in [0.2, 0.25) is 0 Å². The first-order chi connectivity index (χ1) is 9.65. The number of carbonyl (C=O) groups is 1. The van der Waals surface area contributed by atoms with Gasteiger partial charge in [0, 0.05) is 23.6 Å². The Kier molecular flexibility index (Phi) is 4.55. The van der Waals surface area contributed by atoms with E-state index < -0.39 is 0 Å². The van der Waals surface area contributed by atoms with Gasteiger partial charge < -0.3 is 15.8 Å². The van der Waals surface area contributed by atoms with Crippen LogP contribution in [0, 0.1) is 6.92 Å². The molecule has 1 aromatic carbocycles. The lowest BCUT2D eigenvalue weighted by Gasteiger charge is -2.08. The monoisotopic (exact) mass is 271 g/mol. The average Bonchev–Trinajstić information content (AvgIpc) is 2.44. The summed E-state index contributed by atoms with van der Waals surface area (Å²) in [5, 5.41) is 2.77. The summed E-state index contributed by atoms with van der Waals surface area (Å²) in [4.78, 5) is 15.9. The smallest absolute Gasteiger partial charge is 0.252 e. The molecule has 104 valence electrons. The van der Waals surface area contributed by atoms with E-state index in [1.807, 2.05) is 19.1 Å². The van der Waals surface area contributed by atoms with Crippen LogP contribution in [0.1, 0.15) is 16.1 Å². The molecule has 0 saturated heterocycles. The number of aryl methyl sites for hydroxylation is 1. The van der Waals surface area contributed by atoms with Gasteiger partial charge in [-0.3, -0.25) is 9.78 Å². The molecule has 0 fully saturated rings. The van der Waals surface area contributed by atoms with Gasteiger partial charge >= 0.3 is 0 Å². The molecule has 5 nitrogen and oxygen atoms in total. The van der Waals surface area contributed by atoms with Gasteiger partial charge in [0.1, 0.15) is 12.4 Å². The zero-order valence-corrected chi connectivity index (χ0v) is 11.3. The number of nitrogens with two attached hydrogens (primary N) is 1. The number of aromatic nitrogens is 1. The number of nitrogens with one attached hydrogen (secondary N) is 1. The Balaban J connectivity index is 1.76. The lowest BCUT2D eigenvalue weighted by atomic mass is 10.2. The topological polar surface area (TPSA) is 77.2 Å². The van der Waals surface area contributed by atoms with Crippen LogP contribution in [0.25, 0.3) is 0 Å². The number of benzene rings is 1. The highest BCUT2D eigenvalue weighted by Crippen LogP contribution is 2.13. The molecule has 0 spiro atoms. The third-order valence-electron chi connectivity index (χ3n) is 2.69. The van der Waals surface area contributed by atoms with Crippen LogP contribution in [-0.4, -0.2) is 24.0 Å². The van der Waals surface area contributed by atoms with Gasteiger partial charge in [0.25, 0.3) is 5.91 Å². The highest BCUT2D eigenvalue weighted by Gasteiger charge is 2.04. The summed E-state index contributed by atoms with van der Waals surface area (Å²) in [6, 6.07) is 10.7. The highest BCUT2D eigenvalue weighted by atomic mass is 16.5. The molecule has 0 radical (unpaired) electrons. The molecule has 0 aliphatic carbocycles. The second-order valence-corrected chi connectivity index (χ2v) is 4.37. The predicted molar refractivity (Wildman–Crippen MR) is 77.7 cm³/mol. The number of anilines is 1. The molecule has 1 amide bonds. The Hall–Kier alpha value is -2.56. The predicted octanol–water partition coefficient (Wildman–Crippen LogP) is 1.78. The number of rotatable bonds is 5. The number of hydrogen-bond donors (Lipinski definition) is 2. The van der Waals surface area contributed by atoms with E-state index in [0.717, 1.165) is 5.69 Å². The SMILES string of the molecule is Cc1ccc(C(=O)NCCOc2cccc(N)c2)cn1. The number of carbonyl (C=O) groups excluding carboxylic acids is 1. The minimum Gasteiger partial charge on any atom is -0.492 e. The fourth-order valence-corrected chi connectivity index (χ4v) is 1.64. The van der Waals surface area contributed by atoms with Crippen LogP contribution in [0.3, 0.4) is 0 Å². The van der Waals surface area contributed by atoms with Gasteiger partial charge in [-0.15, -0.1) is 0 Å². The zero-order chi connectivity index (χ0) is 14.4. The normalized spacial score (nSPS) is 10.1. The summed E-state index contributed by atoms with van der Waals surface area (Å²) < 4.78 is 5.48. The van der Waals surface area contributed by atoms with Crippen molar-refractivity contribution in [2.24, 2.45) is 0 Å². The summed E-state index contributed by atoms with van der Waals surface area (Å²) in [5.74, 6) is 0.532. The number of ether oxygens (including phenoxy) is 1. The van der Waals surface area contributed by atoms with Crippen molar-refractivity contribution in [1.29, 1.82) is 0 Å². The Morgan fingerprint density at radius 3 is 2.90 bits per heavy atom. The molecule has 0 aliphatic rings. The van der Waals surface area contributed by atoms with Crippen molar-refractivity contribution in [2.75, 3.05) is 18.9 Å². The number of hydrogen-bond acceptors (Lipinski definition) is 4. The number of nitrogen functional groups attached to an aromatic ring is 1. The molecule has 0 aliphatic heterocycles. The maximum atomic E-state index is 11.8. The van der Waals surface area contributed by atoms with E-state index in [9.17, 15) is 4.79 Å². The first-order valence-corrected chi connectivity index (χ1v) is 6.34. The third kappa shape index (κ3) is 3.98. The maximum absolute atomic E-state index is 11.8. The van der Waals surface area contributed by atoms with Gasteiger partial charge in [0.15, 0.2) is 0 Å². The van der Waals surface area contributed by atoms with Crippen molar-refractivity contribution in [3.63, 3.8) is 0 Å². The van der Waals surface area contributed by atoms with Crippen molar-refractivity contribution in [3.05, 3.63) is 53.9 Å². The first-order valence-electron chi connectivity index (χ1n) is 6.34. The van der Waals surface area contributed by atoms with E-state index in [1.165, 1.54) is 0 Å². The Labute approximate surface area is 117 Å². The maximum Gasteiger partial charge on any atom is 0.252 e. The quantitative estimate of drug-likeness (QED) is 0.642. The summed E-state index contributed by atoms with van der Waals surface area (Å²) in [6.07, 6.45) is 1.56. The van der Waals surface area contributed by atoms with Gasteiger partial charge in [-0.2, -0.15) is 0 Å². The molecular weight excluding hydrogens is 254 g/mol. The third-order valence-corrected chi connectivity index (χ3v) is 2.69. The standard InChI is InChI=1S/C15H17N3O2/c1-11-5-6-12(10-18-11)15(19)17-7-8-20-14-4-2-3-13(16)9-14/h2-6,9-10H,7-8,16H2,1H3,(H,17,19). The van der Waals surface area contributed by atoms with Gasteiger partial charge in [-0.1, -0.05) is 6.07 Å². The van der Waals surface area contributed by atoms with Crippen molar-refractivity contribution < 1.29 is 9.53 Å². The van der Waals surface area contributed by atoms with Crippen LogP contribution >= 0.6 is 0 Å². The Morgan fingerprint density at radius 1 is 1.35 bits per heavy atom. The summed E-state index contributed by atoms with van der Waals surface area (Å²) in [6.45, 7) is 2.68. The Morgan fingerprint density at radius 2 is 2.20 bits per heavy atom. The fraction of sp³-hybridized carbons (Fsp3) is 0.200. The second kappa shape index (κ2) is 6.56. The van der Waals surface area contributed by atoms with E-state index in [4.69, 9.17) is 10.5 Å². The molecule has 2 aromatic rings. The molecule has 20 heavy (non-hydrogen) atoms. The van der Waals surface area contributed by atoms with Crippen LogP contribution in [0.15, 0.2) is 42.6 Å². The van der Waals surface area contributed by atoms with E-state index in [-0.39, 0.29) is 5.91 Å². The van der Waals surface area contributed by atoms with Crippen molar-refractivity contribution in [1.82, 2.24) is 10.3 Å². The van der Waals surface area contributed by atoms with Gasteiger partial charge in [0.05, 0.1) is 12.1 Å². The summed E-state index contributed by atoms with van der Waals surface area (Å²) in [7, 11) is 0. The summed E-state index contributed by atoms with van der Waals surface area (Å²) >= 11 is 0. The number of amides is 1. The highest BCUT2D eigenvalue weighted by molar-refractivity contribution is 5.93. The fourth-order valence-electron chi connectivity index (χ4n) is 1.64. The van der Waals surface area contributed by atoms with Crippen LogP contribution in [0.4, 0.5) is 5.69 Å². The minimum atomic E-state index is -0.159. The van der Waals surface area contributed by atoms with Crippen LogP contribution in [-0.2, 0) is 0 Å². The average molecular weight is 271 g/mol. The number of nitrogens with zero attached hydrogens (tertiary/aromatic N) is 1. The zero-order valence-electron chi connectivity index (χ0n) is 11.3. The molecule has 0 saturated carbocycles. The molecule has 0 bridgehead atoms. The molecule has 1 heterocycles. The van der Waals surface area contributed by atoms with Crippen LogP contribution < -0.4 is 15.8 Å². The molecule has 0 atom stereocenters. The van der Waals surface area contributed by atoms with Crippen molar-refractivity contribution >= 4 is 11.6 Å². The first kappa shape index (κ1) is 13.9. The van der Waals surface area contributed by atoms with E-state index in [1.54, 1.807) is 30.5 Å².